The number of rotatable bonds is 3. The minimum absolute atomic E-state index is 0.0100. The molecule has 4 heteroatoms. The standard InChI is InChI=1S/C13H8Br2OS/c14-10-3-1-2-9(8-10)12(16)6-4-11-5-7-13(15)17-11/h1-8H/b6-4+. The van der Waals surface area contributed by atoms with Crippen LogP contribution < -0.4 is 0 Å². The van der Waals surface area contributed by atoms with Crippen molar-refractivity contribution in [2.24, 2.45) is 0 Å². The normalized spacial score (nSPS) is 10.9. The Hall–Kier alpha value is -0.710. The van der Waals surface area contributed by atoms with Gasteiger partial charge in [0.05, 0.1) is 3.79 Å². The molecule has 1 aromatic carbocycles. The predicted octanol–water partition coefficient (Wildman–Crippen LogP) is 5.17. The summed E-state index contributed by atoms with van der Waals surface area (Å²) in [4.78, 5) is 12.9. The van der Waals surface area contributed by atoms with Crippen molar-refractivity contribution in [1.82, 2.24) is 0 Å². The van der Waals surface area contributed by atoms with E-state index in [4.69, 9.17) is 0 Å². The van der Waals surface area contributed by atoms with Crippen molar-refractivity contribution in [3.8, 4) is 0 Å². The molecule has 17 heavy (non-hydrogen) atoms. The highest BCUT2D eigenvalue weighted by molar-refractivity contribution is 9.11. The van der Waals surface area contributed by atoms with Crippen molar-refractivity contribution in [3.05, 3.63) is 61.2 Å². The summed E-state index contributed by atoms with van der Waals surface area (Å²) in [5.74, 6) is 0.0100. The monoisotopic (exact) mass is 370 g/mol. The maximum absolute atomic E-state index is 11.9. The van der Waals surface area contributed by atoms with E-state index in [0.717, 1.165) is 13.1 Å². The lowest BCUT2D eigenvalue weighted by Crippen LogP contribution is -1.92. The zero-order valence-corrected chi connectivity index (χ0v) is 12.7. The van der Waals surface area contributed by atoms with Crippen LogP contribution in [0.15, 0.2) is 50.7 Å². The number of hydrogen-bond acceptors (Lipinski definition) is 2. The molecule has 0 unspecified atom stereocenters. The Kier molecular flexibility index (Phi) is 4.31. The lowest BCUT2D eigenvalue weighted by Gasteiger charge is -1.95. The summed E-state index contributed by atoms with van der Waals surface area (Å²) in [5, 5.41) is 0. The number of allylic oxidation sites excluding steroid dienone is 1. The second-order valence-corrected chi connectivity index (χ2v) is 6.76. The molecule has 1 heterocycles. The first-order valence-corrected chi connectivity index (χ1v) is 7.29. The molecule has 2 aromatic rings. The number of ketones is 1. The van der Waals surface area contributed by atoms with Gasteiger partial charge in [-0.3, -0.25) is 4.79 Å². The van der Waals surface area contributed by atoms with Gasteiger partial charge in [-0.1, -0.05) is 28.1 Å². The highest BCUT2D eigenvalue weighted by Crippen LogP contribution is 2.23. The minimum Gasteiger partial charge on any atom is -0.289 e. The summed E-state index contributed by atoms with van der Waals surface area (Å²) in [7, 11) is 0. The first-order valence-electron chi connectivity index (χ1n) is 4.88. The van der Waals surface area contributed by atoms with Gasteiger partial charge in [-0.15, -0.1) is 11.3 Å². The fourth-order valence-corrected chi connectivity index (χ4v) is 3.04. The molecule has 0 spiro atoms. The third kappa shape index (κ3) is 3.63. The summed E-state index contributed by atoms with van der Waals surface area (Å²) in [5.41, 5.74) is 0.686. The highest BCUT2D eigenvalue weighted by atomic mass is 79.9. The molecule has 1 aromatic heterocycles. The van der Waals surface area contributed by atoms with E-state index in [1.165, 1.54) is 0 Å². The first kappa shape index (κ1) is 12.7. The molecular formula is C13H8Br2OS. The van der Waals surface area contributed by atoms with Crippen LogP contribution in [0.4, 0.5) is 0 Å². The predicted molar refractivity (Wildman–Crippen MR) is 79.5 cm³/mol. The summed E-state index contributed by atoms with van der Waals surface area (Å²) in [6.07, 6.45) is 3.43. The second-order valence-electron chi connectivity index (χ2n) is 3.35. The van der Waals surface area contributed by atoms with Crippen LogP contribution in [0.1, 0.15) is 15.2 Å². The third-order valence-electron chi connectivity index (χ3n) is 2.10. The quantitative estimate of drug-likeness (QED) is 0.537. The van der Waals surface area contributed by atoms with Crippen LogP contribution >= 0.6 is 43.2 Å². The van der Waals surface area contributed by atoms with E-state index in [1.54, 1.807) is 17.4 Å². The smallest absolute Gasteiger partial charge is 0.185 e. The van der Waals surface area contributed by atoms with E-state index in [9.17, 15) is 4.79 Å². The number of thiophene rings is 1. The SMILES string of the molecule is O=C(/C=C/c1ccc(Br)s1)c1cccc(Br)c1. The van der Waals surface area contributed by atoms with Crippen LogP contribution in [0.25, 0.3) is 6.08 Å². The van der Waals surface area contributed by atoms with Gasteiger partial charge in [0.1, 0.15) is 0 Å². The Morgan fingerprint density at radius 2 is 2.00 bits per heavy atom. The van der Waals surface area contributed by atoms with Crippen molar-refractivity contribution < 1.29 is 4.79 Å². The molecule has 0 saturated heterocycles. The molecule has 0 aliphatic heterocycles. The molecule has 0 saturated carbocycles. The molecule has 0 bridgehead atoms. The van der Waals surface area contributed by atoms with Crippen LogP contribution in [0.3, 0.4) is 0 Å². The molecule has 2 rings (SSSR count). The van der Waals surface area contributed by atoms with Gasteiger partial charge in [0.2, 0.25) is 0 Å². The van der Waals surface area contributed by atoms with Crippen molar-refractivity contribution >= 4 is 55.1 Å². The van der Waals surface area contributed by atoms with E-state index in [0.29, 0.717) is 5.56 Å². The first-order chi connectivity index (χ1) is 8.15. The van der Waals surface area contributed by atoms with Crippen molar-refractivity contribution in [2.45, 2.75) is 0 Å². The summed E-state index contributed by atoms with van der Waals surface area (Å²) in [6, 6.07) is 11.3. The largest absolute Gasteiger partial charge is 0.289 e. The Morgan fingerprint density at radius 1 is 1.18 bits per heavy atom. The molecule has 86 valence electrons. The van der Waals surface area contributed by atoms with Crippen LogP contribution in [-0.2, 0) is 0 Å². The molecule has 0 aliphatic rings. The Bertz CT molecular complexity index is 572. The van der Waals surface area contributed by atoms with Gasteiger partial charge < -0.3 is 0 Å². The average molecular weight is 372 g/mol. The van der Waals surface area contributed by atoms with Crippen molar-refractivity contribution in [2.75, 3.05) is 0 Å². The van der Waals surface area contributed by atoms with Crippen LogP contribution in [0, 0.1) is 0 Å². The topological polar surface area (TPSA) is 17.1 Å². The highest BCUT2D eigenvalue weighted by Gasteiger charge is 2.02. The fourth-order valence-electron chi connectivity index (χ4n) is 1.31. The Balaban J connectivity index is 2.14. The number of carbonyl (C=O) groups is 1. The van der Waals surface area contributed by atoms with Gasteiger partial charge in [0.15, 0.2) is 5.78 Å². The molecule has 0 amide bonds. The summed E-state index contributed by atoms with van der Waals surface area (Å²) in [6.45, 7) is 0. The van der Waals surface area contributed by atoms with Gasteiger partial charge >= 0.3 is 0 Å². The second kappa shape index (κ2) is 5.76. The lowest BCUT2D eigenvalue weighted by molar-refractivity contribution is 0.104. The van der Waals surface area contributed by atoms with Crippen LogP contribution in [-0.4, -0.2) is 5.78 Å². The van der Waals surface area contributed by atoms with Gasteiger partial charge in [0.25, 0.3) is 0 Å². The number of halogens is 2. The molecule has 0 radical (unpaired) electrons. The Morgan fingerprint density at radius 3 is 2.65 bits per heavy atom. The maximum atomic E-state index is 11.9. The molecule has 0 N–H and O–H groups in total. The maximum Gasteiger partial charge on any atom is 0.185 e. The molecular weight excluding hydrogens is 364 g/mol. The van der Waals surface area contributed by atoms with Gasteiger partial charge in [-0.25, -0.2) is 0 Å². The average Bonchev–Trinajstić information content (AvgIpc) is 2.72. The molecule has 0 aliphatic carbocycles. The van der Waals surface area contributed by atoms with Gasteiger partial charge in [-0.2, -0.15) is 0 Å². The third-order valence-corrected chi connectivity index (χ3v) is 4.18. The zero-order valence-electron chi connectivity index (χ0n) is 8.69. The van der Waals surface area contributed by atoms with E-state index in [-0.39, 0.29) is 5.78 Å². The Labute approximate surface area is 120 Å². The molecule has 0 atom stereocenters. The van der Waals surface area contributed by atoms with Gasteiger partial charge in [-0.05, 0) is 52.3 Å². The van der Waals surface area contributed by atoms with E-state index >= 15 is 0 Å². The molecule has 0 fully saturated rings. The zero-order chi connectivity index (χ0) is 12.3. The summed E-state index contributed by atoms with van der Waals surface area (Å²) >= 11 is 8.33. The summed E-state index contributed by atoms with van der Waals surface area (Å²) < 4.78 is 1.97. The van der Waals surface area contributed by atoms with Crippen LogP contribution in [0.5, 0.6) is 0 Å². The van der Waals surface area contributed by atoms with E-state index in [1.807, 2.05) is 42.5 Å². The minimum atomic E-state index is 0.0100. The van der Waals surface area contributed by atoms with Crippen LogP contribution in [0.2, 0.25) is 0 Å². The van der Waals surface area contributed by atoms with E-state index in [2.05, 4.69) is 31.9 Å². The number of hydrogen-bond donors (Lipinski definition) is 0. The van der Waals surface area contributed by atoms with Gasteiger partial charge in [0, 0.05) is 14.9 Å². The van der Waals surface area contributed by atoms with Crippen molar-refractivity contribution in [1.29, 1.82) is 0 Å². The van der Waals surface area contributed by atoms with Crippen molar-refractivity contribution in [3.63, 3.8) is 0 Å². The fraction of sp³-hybridized carbons (Fsp3) is 0. The lowest BCUT2D eigenvalue weighted by atomic mass is 10.1. The molecule has 1 nitrogen and oxygen atoms in total. The van der Waals surface area contributed by atoms with E-state index < -0.39 is 0 Å². The number of benzene rings is 1. The number of carbonyl (C=O) groups excluding carboxylic acids is 1.